The first-order valence-corrected chi connectivity index (χ1v) is 8.08. The van der Waals surface area contributed by atoms with Gasteiger partial charge in [0.15, 0.2) is 12.6 Å². The zero-order chi connectivity index (χ0) is 15.8. The molecule has 0 spiro atoms. The molecule has 21 heavy (non-hydrogen) atoms. The number of ether oxygens (including phenoxy) is 4. The molecule has 0 aromatic heterocycles. The van der Waals surface area contributed by atoms with Crippen LogP contribution in [0, 0.1) is 11.8 Å². The van der Waals surface area contributed by atoms with Crippen molar-refractivity contribution >= 4 is 0 Å². The molecule has 2 fully saturated rings. The first kappa shape index (κ1) is 17.2. The van der Waals surface area contributed by atoms with Crippen molar-refractivity contribution < 1.29 is 24.1 Å². The Morgan fingerprint density at radius 3 is 2.33 bits per heavy atom. The van der Waals surface area contributed by atoms with Gasteiger partial charge in [-0.1, -0.05) is 20.8 Å². The largest absolute Gasteiger partial charge is 0.396 e. The summed E-state index contributed by atoms with van der Waals surface area (Å²) in [4.78, 5) is 0. The average Bonchev–Trinajstić information content (AvgIpc) is 2.75. The van der Waals surface area contributed by atoms with Crippen molar-refractivity contribution in [3.63, 3.8) is 0 Å². The van der Waals surface area contributed by atoms with E-state index in [1.54, 1.807) is 0 Å². The summed E-state index contributed by atoms with van der Waals surface area (Å²) in [6.07, 6.45) is 0.202. The lowest BCUT2D eigenvalue weighted by molar-refractivity contribution is -0.305. The highest BCUT2D eigenvalue weighted by Crippen LogP contribution is 2.43. The summed E-state index contributed by atoms with van der Waals surface area (Å²) >= 11 is 0. The highest BCUT2D eigenvalue weighted by molar-refractivity contribution is 5.01. The summed E-state index contributed by atoms with van der Waals surface area (Å²) < 4.78 is 24.0. The van der Waals surface area contributed by atoms with E-state index in [2.05, 4.69) is 20.8 Å². The Hall–Kier alpha value is -0.200. The van der Waals surface area contributed by atoms with Crippen LogP contribution in [0.15, 0.2) is 0 Å². The molecule has 0 aromatic carbocycles. The predicted octanol–water partition coefficient (Wildman–Crippen LogP) is 2.31. The minimum Gasteiger partial charge on any atom is -0.396 e. The van der Waals surface area contributed by atoms with Gasteiger partial charge in [0.05, 0.1) is 18.3 Å². The zero-order valence-electron chi connectivity index (χ0n) is 14.0. The summed E-state index contributed by atoms with van der Waals surface area (Å²) in [5.74, 6) is 0.188. The van der Waals surface area contributed by atoms with E-state index in [1.165, 1.54) is 0 Å². The van der Waals surface area contributed by atoms with Gasteiger partial charge in [-0.15, -0.1) is 0 Å². The molecule has 0 amide bonds. The van der Waals surface area contributed by atoms with Crippen molar-refractivity contribution in [3.05, 3.63) is 0 Å². The van der Waals surface area contributed by atoms with Gasteiger partial charge in [0.1, 0.15) is 5.60 Å². The van der Waals surface area contributed by atoms with Gasteiger partial charge in [0, 0.05) is 18.4 Å². The number of hydrogen-bond acceptors (Lipinski definition) is 5. The topological polar surface area (TPSA) is 57.2 Å². The molecule has 8 atom stereocenters. The third kappa shape index (κ3) is 3.13. The standard InChI is InChI=1S/C16H30O5/c1-7-13-16(6,21-12(5)18-13)15-10(3)14(9(2)8-17)19-11(4)20-15/h9-15,17H,7-8H2,1-6H3/t9-,10+,11?,12+,13-,14+,15-,16-/m1/s1. The molecule has 2 aliphatic heterocycles. The van der Waals surface area contributed by atoms with Crippen LogP contribution in [-0.4, -0.2) is 48.2 Å². The van der Waals surface area contributed by atoms with Crippen molar-refractivity contribution in [2.75, 3.05) is 6.61 Å². The van der Waals surface area contributed by atoms with E-state index < -0.39 is 5.60 Å². The normalized spacial score (nSPS) is 49.3. The highest BCUT2D eigenvalue weighted by atomic mass is 16.8. The maximum absolute atomic E-state index is 9.47. The number of rotatable bonds is 4. The maximum Gasteiger partial charge on any atom is 0.156 e. The molecule has 2 heterocycles. The SMILES string of the molecule is CC[C@H]1O[C@H](C)O[C@@]1(C)[C@@H]1OC(C)O[C@@H]([C@H](C)CO)[C@@H]1C. The van der Waals surface area contributed by atoms with Crippen LogP contribution < -0.4 is 0 Å². The van der Waals surface area contributed by atoms with Gasteiger partial charge in [0.25, 0.3) is 0 Å². The zero-order valence-corrected chi connectivity index (χ0v) is 14.0. The fraction of sp³-hybridized carbons (Fsp3) is 1.00. The number of aliphatic hydroxyl groups is 1. The molecule has 2 aliphatic rings. The van der Waals surface area contributed by atoms with E-state index >= 15 is 0 Å². The Balaban J connectivity index is 2.24. The lowest BCUT2D eigenvalue weighted by Crippen LogP contribution is -2.59. The van der Waals surface area contributed by atoms with Crippen LogP contribution in [0.25, 0.3) is 0 Å². The first-order chi connectivity index (χ1) is 9.83. The molecule has 2 saturated heterocycles. The molecular formula is C16H30O5. The molecular weight excluding hydrogens is 272 g/mol. The summed E-state index contributed by atoms with van der Waals surface area (Å²) in [5, 5.41) is 9.47. The van der Waals surface area contributed by atoms with Gasteiger partial charge >= 0.3 is 0 Å². The molecule has 0 aliphatic carbocycles. The van der Waals surface area contributed by atoms with Crippen LogP contribution >= 0.6 is 0 Å². The van der Waals surface area contributed by atoms with Gasteiger partial charge in [-0.3, -0.25) is 0 Å². The van der Waals surface area contributed by atoms with Crippen molar-refractivity contribution in [1.82, 2.24) is 0 Å². The van der Waals surface area contributed by atoms with Crippen LogP contribution in [0.4, 0.5) is 0 Å². The Bertz CT molecular complexity index is 350. The molecule has 124 valence electrons. The third-order valence-electron chi connectivity index (χ3n) is 4.88. The Kier molecular flexibility index (Phi) is 5.31. The molecule has 0 radical (unpaired) electrons. The van der Waals surface area contributed by atoms with Crippen molar-refractivity contribution in [2.45, 2.75) is 84.5 Å². The maximum atomic E-state index is 9.47. The molecule has 0 saturated carbocycles. The van der Waals surface area contributed by atoms with Crippen LogP contribution in [-0.2, 0) is 18.9 Å². The van der Waals surface area contributed by atoms with Gasteiger partial charge in [-0.25, -0.2) is 0 Å². The van der Waals surface area contributed by atoms with Crippen molar-refractivity contribution in [2.24, 2.45) is 11.8 Å². The summed E-state index contributed by atoms with van der Waals surface area (Å²) in [5.41, 5.74) is -0.487. The third-order valence-corrected chi connectivity index (χ3v) is 4.88. The number of aliphatic hydroxyl groups excluding tert-OH is 1. The second kappa shape index (κ2) is 6.50. The van der Waals surface area contributed by atoms with Crippen LogP contribution in [0.1, 0.15) is 48.0 Å². The molecule has 1 unspecified atom stereocenters. The molecule has 2 rings (SSSR count). The molecule has 0 bridgehead atoms. The molecule has 5 heteroatoms. The predicted molar refractivity (Wildman–Crippen MR) is 78.7 cm³/mol. The van der Waals surface area contributed by atoms with E-state index in [9.17, 15) is 5.11 Å². The second-order valence-corrected chi connectivity index (χ2v) is 6.65. The van der Waals surface area contributed by atoms with Crippen LogP contribution in [0.5, 0.6) is 0 Å². The number of hydrogen-bond donors (Lipinski definition) is 1. The van der Waals surface area contributed by atoms with Crippen molar-refractivity contribution in [3.8, 4) is 0 Å². The van der Waals surface area contributed by atoms with E-state index in [-0.39, 0.29) is 49.3 Å². The van der Waals surface area contributed by atoms with E-state index in [0.29, 0.717) is 0 Å². The second-order valence-electron chi connectivity index (χ2n) is 6.65. The van der Waals surface area contributed by atoms with Crippen LogP contribution in [0.2, 0.25) is 0 Å². The Labute approximate surface area is 127 Å². The van der Waals surface area contributed by atoms with E-state index in [0.717, 1.165) is 6.42 Å². The van der Waals surface area contributed by atoms with Gasteiger partial charge in [-0.2, -0.15) is 0 Å². The van der Waals surface area contributed by atoms with Gasteiger partial charge in [0.2, 0.25) is 0 Å². The lowest BCUT2D eigenvalue weighted by atomic mass is 9.78. The molecule has 0 aromatic rings. The Morgan fingerprint density at radius 2 is 1.76 bits per heavy atom. The fourth-order valence-corrected chi connectivity index (χ4v) is 3.87. The summed E-state index contributed by atoms with van der Waals surface area (Å²) in [7, 11) is 0. The average molecular weight is 302 g/mol. The van der Waals surface area contributed by atoms with Crippen molar-refractivity contribution in [1.29, 1.82) is 0 Å². The molecule has 5 nitrogen and oxygen atoms in total. The highest BCUT2D eigenvalue weighted by Gasteiger charge is 2.55. The van der Waals surface area contributed by atoms with E-state index in [4.69, 9.17) is 18.9 Å². The van der Waals surface area contributed by atoms with Crippen LogP contribution in [0.3, 0.4) is 0 Å². The smallest absolute Gasteiger partial charge is 0.156 e. The first-order valence-electron chi connectivity index (χ1n) is 8.08. The molecule has 1 N–H and O–H groups in total. The van der Waals surface area contributed by atoms with Gasteiger partial charge in [-0.05, 0) is 27.2 Å². The lowest BCUT2D eigenvalue weighted by Gasteiger charge is -2.48. The monoisotopic (exact) mass is 302 g/mol. The Morgan fingerprint density at radius 1 is 1.10 bits per heavy atom. The minimum absolute atomic E-state index is 0.00957. The quantitative estimate of drug-likeness (QED) is 0.863. The van der Waals surface area contributed by atoms with E-state index in [1.807, 2.05) is 20.8 Å². The summed E-state index contributed by atoms with van der Waals surface area (Å²) in [6, 6.07) is 0. The summed E-state index contributed by atoms with van der Waals surface area (Å²) in [6.45, 7) is 12.2. The minimum atomic E-state index is -0.487. The van der Waals surface area contributed by atoms with Gasteiger partial charge < -0.3 is 24.1 Å². The fourth-order valence-electron chi connectivity index (χ4n) is 3.87.